The van der Waals surface area contributed by atoms with Crippen molar-refractivity contribution in [1.29, 1.82) is 0 Å². The first-order valence-corrected chi connectivity index (χ1v) is 7.14. The molecular weight excluding hydrogens is 258 g/mol. The van der Waals surface area contributed by atoms with Crippen molar-refractivity contribution in [3.8, 4) is 0 Å². The molecule has 0 atom stereocenters. The van der Waals surface area contributed by atoms with Crippen molar-refractivity contribution in [3.05, 3.63) is 40.4 Å². The summed E-state index contributed by atoms with van der Waals surface area (Å²) in [6, 6.07) is 2.03. The van der Waals surface area contributed by atoms with Crippen molar-refractivity contribution >= 4 is 16.3 Å². The summed E-state index contributed by atoms with van der Waals surface area (Å²) in [5.74, 6) is 0. The van der Waals surface area contributed by atoms with Crippen LogP contribution in [0.2, 0.25) is 0 Å². The third-order valence-electron chi connectivity index (χ3n) is 3.35. The quantitative estimate of drug-likeness (QED) is 0.792. The molecule has 3 aromatic rings. The van der Waals surface area contributed by atoms with E-state index in [1.165, 1.54) is 17.1 Å². The number of rotatable bonds is 4. The molecule has 19 heavy (non-hydrogen) atoms. The van der Waals surface area contributed by atoms with Crippen LogP contribution >= 0.6 is 11.3 Å². The first-order chi connectivity index (χ1) is 9.16. The van der Waals surface area contributed by atoms with E-state index in [1.807, 2.05) is 24.0 Å². The fraction of sp³-hybridized carbons (Fsp3) is 0.385. The number of aryl methyl sites for hydroxylation is 3. The van der Waals surface area contributed by atoms with Crippen LogP contribution in [0.5, 0.6) is 0 Å². The predicted octanol–water partition coefficient (Wildman–Crippen LogP) is 2.04. The van der Waals surface area contributed by atoms with Crippen molar-refractivity contribution in [2.24, 2.45) is 7.05 Å². The minimum Gasteiger partial charge on any atom is -0.306 e. The molecule has 5 nitrogen and oxygen atoms in total. The van der Waals surface area contributed by atoms with Gasteiger partial charge in [-0.25, -0.2) is 4.98 Å². The molecule has 0 bridgehead atoms. The molecule has 0 aliphatic carbocycles. The van der Waals surface area contributed by atoms with Crippen molar-refractivity contribution in [2.75, 3.05) is 0 Å². The van der Waals surface area contributed by atoms with E-state index in [2.05, 4.69) is 39.0 Å². The molecule has 3 heterocycles. The van der Waals surface area contributed by atoms with Gasteiger partial charge in [-0.2, -0.15) is 5.10 Å². The highest BCUT2D eigenvalue weighted by Gasteiger charge is 2.11. The van der Waals surface area contributed by atoms with Crippen LogP contribution in [0.25, 0.3) is 4.96 Å². The van der Waals surface area contributed by atoms with E-state index in [4.69, 9.17) is 0 Å². The van der Waals surface area contributed by atoms with Gasteiger partial charge in [-0.05, 0) is 19.9 Å². The third kappa shape index (κ3) is 2.17. The van der Waals surface area contributed by atoms with Crippen molar-refractivity contribution < 1.29 is 0 Å². The van der Waals surface area contributed by atoms with E-state index in [0.717, 1.165) is 23.7 Å². The van der Waals surface area contributed by atoms with Crippen LogP contribution in [0.4, 0.5) is 0 Å². The van der Waals surface area contributed by atoms with Crippen LogP contribution in [-0.4, -0.2) is 19.2 Å². The average molecular weight is 275 g/mol. The van der Waals surface area contributed by atoms with Crippen LogP contribution in [-0.2, 0) is 20.1 Å². The van der Waals surface area contributed by atoms with E-state index in [9.17, 15) is 0 Å². The number of nitrogens with one attached hydrogen (secondary N) is 1. The summed E-state index contributed by atoms with van der Waals surface area (Å²) >= 11 is 1.69. The molecule has 6 heteroatoms. The minimum absolute atomic E-state index is 0.812. The van der Waals surface area contributed by atoms with Gasteiger partial charge in [-0.1, -0.05) is 0 Å². The Bertz CT molecular complexity index is 706. The maximum absolute atomic E-state index is 4.59. The summed E-state index contributed by atoms with van der Waals surface area (Å²) < 4.78 is 4.12. The van der Waals surface area contributed by atoms with Gasteiger partial charge < -0.3 is 5.32 Å². The van der Waals surface area contributed by atoms with Crippen LogP contribution in [0.15, 0.2) is 17.6 Å². The van der Waals surface area contributed by atoms with Gasteiger partial charge in [0.2, 0.25) is 0 Å². The molecule has 0 fully saturated rings. The lowest BCUT2D eigenvalue weighted by molar-refractivity contribution is 0.616. The molecule has 3 rings (SSSR count). The van der Waals surface area contributed by atoms with Gasteiger partial charge in [0.25, 0.3) is 0 Å². The van der Waals surface area contributed by atoms with E-state index in [0.29, 0.717) is 0 Å². The molecule has 1 N–H and O–H groups in total. The predicted molar refractivity (Wildman–Crippen MR) is 76.3 cm³/mol. The zero-order valence-electron chi connectivity index (χ0n) is 11.3. The first kappa shape index (κ1) is 12.4. The van der Waals surface area contributed by atoms with Crippen LogP contribution < -0.4 is 5.32 Å². The normalized spacial score (nSPS) is 11.5. The molecule has 0 spiro atoms. The highest BCUT2D eigenvalue weighted by atomic mass is 32.1. The average Bonchev–Trinajstić information content (AvgIpc) is 3.01. The topological polar surface area (TPSA) is 47.1 Å². The van der Waals surface area contributed by atoms with Gasteiger partial charge in [0.1, 0.15) is 0 Å². The molecule has 100 valence electrons. The van der Waals surface area contributed by atoms with Gasteiger partial charge in [0.15, 0.2) is 4.96 Å². The maximum Gasteiger partial charge on any atom is 0.194 e. The summed E-state index contributed by atoms with van der Waals surface area (Å²) in [6.45, 7) is 5.82. The Kier molecular flexibility index (Phi) is 3.12. The number of fused-ring (bicyclic) bond motifs is 1. The summed E-state index contributed by atoms with van der Waals surface area (Å²) in [7, 11) is 1.96. The Labute approximate surface area is 115 Å². The fourth-order valence-electron chi connectivity index (χ4n) is 2.26. The molecule has 3 aromatic heterocycles. The number of hydrogen-bond acceptors (Lipinski definition) is 4. The SMILES string of the molecule is Cc1nc2scc(C)n2c1CNCc1ccnn1C. The van der Waals surface area contributed by atoms with Crippen LogP contribution in [0.3, 0.4) is 0 Å². The summed E-state index contributed by atoms with van der Waals surface area (Å²) in [5, 5.41) is 9.78. The molecule has 0 unspecified atom stereocenters. The largest absolute Gasteiger partial charge is 0.306 e. The van der Waals surface area contributed by atoms with Gasteiger partial charge in [-0.15, -0.1) is 11.3 Å². The Morgan fingerprint density at radius 3 is 2.89 bits per heavy atom. The Balaban J connectivity index is 1.76. The zero-order chi connectivity index (χ0) is 13.4. The number of aromatic nitrogens is 4. The van der Waals surface area contributed by atoms with E-state index in [-0.39, 0.29) is 0 Å². The van der Waals surface area contributed by atoms with Gasteiger partial charge in [0, 0.05) is 37.4 Å². The smallest absolute Gasteiger partial charge is 0.194 e. The molecule has 0 aliphatic rings. The highest BCUT2D eigenvalue weighted by Crippen LogP contribution is 2.20. The second-order valence-electron chi connectivity index (χ2n) is 4.69. The first-order valence-electron chi connectivity index (χ1n) is 6.26. The number of imidazole rings is 1. The molecule has 0 radical (unpaired) electrons. The summed E-state index contributed by atoms with van der Waals surface area (Å²) in [6.07, 6.45) is 1.82. The molecule has 0 aliphatic heterocycles. The lowest BCUT2D eigenvalue weighted by Crippen LogP contribution is -2.17. The van der Waals surface area contributed by atoms with E-state index < -0.39 is 0 Å². The molecular formula is C13H17N5S. The second-order valence-corrected chi connectivity index (χ2v) is 5.53. The monoisotopic (exact) mass is 275 g/mol. The van der Waals surface area contributed by atoms with Crippen molar-refractivity contribution in [1.82, 2.24) is 24.5 Å². The Morgan fingerprint density at radius 2 is 2.16 bits per heavy atom. The van der Waals surface area contributed by atoms with Gasteiger partial charge in [-0.3, -0.25) is 9.08 Å². The van der Waals surface area contributed by atoms with E-state index in [1.54, 1.807) is 11.3 Å². The molecule has 0 saturated carbocycles. The van der Waals surface area contributed by atoms with Crippen molar-refractivity contribution in [2.45, 2.75) is 26.9 Å². The Morgan fingerprint density at radius 1 is 1.32 bits per heavy atom. The van der Waals surface area contributed by atoms with Crippen molar-refractivity contribution in [3.63, 3.8) is 0 Å². The Hall–Kier alpha value is -1.66. The highest BCUT2D eigenvalue weighted by molar-refractivity contribution is 7.15. The zero-order valence-corrected chi connectivity index (χ0v) is 12.2. The summed E-state index contributed by atoms with van der Waals surface area (Å²) in [5.41, 5.74) is 4.78. The number of nitrogens with zero attached hydrogens (tertiary/aromatic N) is 4. The maximum atomic E-state index is 4.59. The molecule has 0 saturated heterocycles. The van der Waals surface area contributed by atoms with Gasteiger partial charge in [0.05, 0.1) is 17.1 Å². The number of hydrogen-bond donors (Lipinski definition) is 1. The van der Waals surface area contributed by atoms with Crippen LogP contribution in [0.1, 0.15) is 22.8 Å². The lowest BCUT2D eigenvalue weighted by atomic mass is 10.3. The fourth-order valence-corrected chi connectivity index (χ4v) is 3.19. The molecule has 0 aromatic carbocycles. The molecule has 0 amide bonds. The lowest BCUT2D eigenvalue weighted by Gasteiger charge is -2.06. The second kappa shape index (κ2) is 4.79. The standard InChI is InChI=1S/C13H17N5S/c1-9-8-19-13-16-10(2)12(18(9)13)7-14-6-11-4-5-15-17(11)3/h4-5,8,14H,6-7H2,1-3H3. The minimum atomic E-state index is 0.812. The van der Waals surface area contributed by atoms with Gasteiger partial charge >= 0.3 is 0 Å². The van der Waals surface area contributed by atoms with Crippen LogP contribution in [0, 0.1) is 13.8 Å². The third-order valence-corrected chi connectivity index (χ3v) is 4.29. The summed E-state index contributed by atoms with van der Waals surface area (Å²) in [4.78, 5) is 5.67. The number of thiazole rings is 1. The van der Waals surface area contributed by atoms with E-state index >= 15 is 0 Å².